The van der Waals surface area contributed by atoms with E-state index in [2.05, 4.69) is 0 Å². The number of hydrogen-bond donors (Lipinski definition) is 2. The molecule has 0 bridgehead atoms. The van der Waals surface area contributed by atoms with Gasteiger partial charge < -0.3 is 19.7 Å². The summed E-state index contributed by atoms with van der Waals surface area (Å²) >= 11 is 0. The summed E-state index contributed by atoms with van der Waals surface area (Å²) in [6, 6.07) is 0. The quantitative estimate of drug-likeness (QED) is 0.668. The molecule has 2 unspecified atom stereocenters. The number of rotatable bonds is 4. The van der Waals surface area contributed by atoms with E-state index in [-0.39, 0.29) is 25.4 Å². The average molecular weight is 190 g/mol. The fourth-order valence-corrected chi connectivity index (χ4v) is 1.62. The molecule has 0 aromatic rings. The summed E-state index contributed by atoms with van der Waals surface area (Å²) in [6.45, 7) is 3.73. The molecule has 0 aromatic heterocycles. The molecule has 1 rings (SSSR count). The first-order chi connectivity index (χ1) is 6.21. The lowest BCUT2D eigenvalue weighted by atomic mass is 10.1. The molecule has 2 N–H and O–H groups in total. The smallest absolute Gasteiger partial charge is 0.169 e. The molecule has 4 nitrogen and oxygen atoms in total. The van der Waals surface area contributed by atoms with Crippen molar-refractivity contribution in [1.29, 1.82) is 0 Å². The molecule has 2 atom stereocenters. The van der Waals surface area contributed by atoms with Gasteiger partial charge in [-0.15, -0.1) is 0 Å². The molecule has 78 valence electrons. The van der Waals surface area contributed by atoms with E-state index in [1.807, 2.05) is 13.8 Å². The van der Waals surface area contributed by atoms with Gasteiger partial charge in [-0.3, -0.25) is 0 Å². The molecule has 1 aliphatic rings. The molecule has 1 saturated heterocycles. The highest BCUT2D eigenvalue weighted by molar-refractivity contribution is 4.83. The van der Waals surface area contributed by atoms with Gasteiger partial charge in [0.15, 0.2) is 5.79 Å². The molecule has 1 heterocycles. The van der Waals surface area contributed by atoms with E-state index in [4.69, 9.17) is 19.7 Å². The van der Waals surface area contributed by atoms with Crippen LogP contribution in [0.2, 0.25) is 0 Å². The second-order valence-electron chi connectivity index (χ2n) is 3.30. The molecule has 0 amide bonds. The summed E-state index contributed by atoms with van der Waals surface area (Å²) in [4.78, 5) is 0. The minimum Gasteiger partial charge on any atom is -0.394 e. The van der Waals surface area contributed by atoms with Crippen molar-refractivity contribution in [3.8, 4) is 0 Å². The van der Waals surface area contributed by atoms with Gasteiger partial charge in [0.05, 0.1) is 13.2 Å². The second-order valence-corrected chi connectivity index (χ2v) is 3.30. The van der Waals surface area contributed by atoms with Crippen molar-refractivity contribution in [2.45, 2.75) is 44.7 Å². The van der Waals surface area contributed by atoms with Crippen LogP contribution in [0, 0.1) is 0 Å². The van der Waals surface area contributed by atoms with Gasteiger partial charge >= 0.3 is 0 Å². The number of aliphatic hydroxyl groups is 2. The maximum atomic E-state index is 8.97. The summed E-state index contributed by atoms with van der Waals surface area (Å²) in [7, 11) is 0. The minimum absolute atomic E-state index is 0.104. The zero-order valence-corrected chi connectivity index (χ0v) is 8.19. The Morgan fingerprint density at radius 2 is 1.38 bits per heavy atom. The van der Waals surface area contributed by atoms with Gasteiger partial charge in [0.25, 0.3) is 0 Å². The standard InChI is InChI=1S/C9H18O4/c1-3-9(4-2)12-7(5-10)8(6-11)13-9/h7-8,10-11H,3-6H2,1-2H3. The Morgan fingerprint density at radius 1 is 1.00 bits per heavy atom. The largest absolute Gasteiger partial charge is 0.394 e. The van der Waals surface area contributed by atoms with Crippen molar-refractivity contribution in [1.82, 2.24) is 0 Å². The fraction of sp³-hybridized carbons (Fsp3) is 1.00. The van der Waals surface area contributed by atoms with Gasteiger partial charge in [0.2, 0.25) is 0 Å². The van der Waals surface area contributed by atoms with E-state index in [0.29, 0.717) is 0 Å². The summed E-state index contributed by atoms with van der Waals surface area (Å²) in [5.74, 6) is -0.596. The van der Waals surface area contributed by atoms with Crippen LogP contribution in [0.25, 0.3) is 0 Å². The molecule has 13 heavy (non-hydrogen) atoms. The van der Waals surface area contributed by atoms with Gasteiger partial charge in [0, 0.05) is 0 Å². The fourth-order valence-electron chi connectivity index (χ4n) is 1.62. The van der Waals surface area contributed by atoms with Crippen molar-refractivity contribution in [2.24, 2.45) is 0 Å². The molecule has 4 heteroatoms. The van der Waals surface area contributed by atoms with Crippen molar-refractivity contribution in [3.63, 3.8) is 0 Å². The second kappa shape index (κ2) is 4.37. The Morgan fingerprint density at radius 3 is 1.62 bits per heavy atom. The number of aliphatic hydroxyl groups excluding tert-OH is 2. The molecule has 0 radical (unpaired) electrons. The maximum Gasteiger partial charge on any atom is 0.169 e. The van der Waals surface area contributed by atoms with Crippen molar-refractivity contribution in [2.75, 3.05) is 13.2 Å². The summed E-state index contributed by atoms with van der Waals surface area (Å²) < 4.78 is 11.1. The monoisotopic (exact) mass is 190 g/mol. The third-order valence-electron chi connectivity index (χ3n) is 2.58. The van der Waals surface area contributed by atoms with Crippen LogP contribution >= 0.6 is 0 Å². The lowest BCUT2D eigenvalue weighted by molar-refractivity contribution is -0.183. The molecule has 1 fully saturated rings. The Hall–Kier alpha value is -0.160. The zero-order valence-electron chi connectivity index (χ0n) is 8.19. The van der Waals surface area contributed by atoms with Crippen LogP contribution in [-0.2, 0) is 9.47 Å². The van der Waals surface area contributed by atoms with Gasteiger partial charge in [-0.25, -0.2) is 0 Å². The van der Waals surface area contributed by atoms with Gasteiger partial charge in [0.1, 0.15) is 12.2 Å². The van der Waals surface area contributed by atoms with E-state index in [1.54, 1.807) is 0 Å². The molecular formula is C9H18O4. The first-order valence-electron chi connectivity index (χ1n) is 4.78. The predicted octanol–water partition coefficient (Wildman–Crippen LogP) is 0.271. The van der Waals surface area contributed by atoms with Gasteiger partial charge in [-0.1, -0.05) is 13.8 Å². The third-order valence-corrected chi connectivity index (χ3v) is 2.58. The molecule has 0 aromatic carbocycles. The van der Waals surface area contributed by atoms with E-state index >= 15 is 0 Å². The lowest BCUT2D eigenvalue weighted by Gasteiger charge is -2.24. The van der Waals surface area contributed by atoms with Crippen molar-refractivity contribution < 1.29 is 19.7 Å². The Bertz CT molecular complexity index is 142. The van der Waals surface area contributed by atoms with E-state index in [9.17, 15) is 0 Å². The Kier molecular flexibility index (Phi) is 3.67. The maximum absolute atomic E-state index is 8.97. The number of ether oxygens (including phenoxy) is 2. The van der Waals surface area contributed by atoms with Gasteiger partial charge in [-0.05, 0) is 12.8 Å². The highest BCUT2D eigenvalue weighted by Gasteiger charge is 2.44. The van der Waals surface area contributed by atoms with Gasteiger partial charge in [-0.2, -0.15) is 0 Å². The van der Waals surface area contributed by atoms with Crippen LogP contribution in [0.15, 0.2) is 0 Å². The lowest BCUT2D eigenvalue weighted by Crippen LogP contribution is -2.29. The van der Waals surface area contributed by atoms with Crippen LogP contribution in [0.1, 0.15) is 26.7 Å². The molecule has 0 spiro atoms. The third kappa shape index (κ3) is 2.02. The zero-order chi connectivity index (χ0) is 9.90. The summed E-state index contributed by atoms with van der Waals surface area (Å²) in [6.07, 6.45) is 0.697. The topological polar surface area (TPSA) is 58.9 Å². The first-order valence-corrected chi connectivity index (χ1v) is 4.78. The van der Waals surface area contributed by atoms with E-state index in [0.717, 1.165) is 12.8 Å². The Balaban J connectivity index is 2.65. The van der Waals surface area contributed by atoms with Crippen LogP contribution in [0.3, 0.4) is 0 Å². The van der Waals surface area contributed by atoms with E-state index in [1.165, 1.54) is 0 Å². The highest BCUT2D eigenvalue weighted by Crippen LogP contribution is 2.33. The van der Waals surface area contributed by atoms with Crippen molar-refractivity contribution >= 4 is 0 Å². The summed E-state index contributed by atoms with van der Waals surface area (Å²) in [5, 5.41) is 17.9. The molecule has 1 aliphatic heterocycles. The molecule has 0 aliphatic carbocycles. The van der Waals surface area contributed by atoms with Crippen LogP contribution in [0.4, 0.5) is 0 Å². The van der Waals surface area contributed by atoms with Crippen molar-refractivity contribution in [3.05, 3.63) is 0 Å². The first kappa shape index (κ1) is 10.9. The SMILES string of the molecule is CCC1(CC)OC(CO)C(CO)O1. The number of hydrogen-bond acceptors (Lipinski definition) is 4. The normalized spacial score (nSPS) is 32.3. The molecule has 0 saturated carbocycles. The van der Waals surface area contributed by atoms with Crippen LogP contribution in [0.5, 0.6) is 0 Å². The molecular weight excluding hydrogens is 172 g/mol. The Labute approximate surface area is 78.5 Å². The minimum atomic E-state index is -0.596. The average Bonchev–Trinajstić information content (AvgIpc) is 2.57. The van der Waals surface area contributed by atoms with E-state index < -0.39 is 5.79 Å². The predicted molar refractivity (Wildman–Crippen MR) is 47.2 cm³/mol. The summed E-state index contributed by atoms with van der Waals surface area (Å²) in [5.41, 5.74) is 0. The highest BCUT2D eigenvalue weighted by atomic mass is 16.8. The van der Waals surface area contributed by atoms with Crippen LogP contribution in [-0.4, -0.2) is 41.4 Å². The van der Waals surface area contributed by atoms with Crippen LogP contribution < -0.4 is 0 Å².